The van der Waals surface area contributed by atoms with E-state index in [1.165, 1.54) is 6.20 Å². The van der Waals surface area contributed by atoms with Crippen molar-refractivity contribution in [3.8, 4) is 5.75 Å². The van der Waals surface area contributed by atoms with Gasteiger partial charge in [0.05, 0.1) is 17.3 Å². The molecule has 16 heavy (non-hydrogen) atoms. The first-order valence-electron chi connectivity index (χ1n) is 4.40. The van der Waals surface area contributed by atoms with Gasteiger partial charge in [-0.3, -0.25) is 4.98 Å². The molecule has 2 heterocycles. The van der Waals surface area contributed by atoms with Crippen molar-refractivity contribution < 1.29 is 13.2 Å². The molecule has 6 nitrogen and oxygen atoms in total. The Morgan fingerprint density at radius 2 is 2.25 bits per heavy atom. The predicted octanol–water partition coefficient (Wildman–Crippen LogP) is 0.0449. The quantitative estimate of drug-likeness (QED) is 0.803. The zero-order valence-electron chi connectivity index (χ0n) is 8.20. The highest BCUT2D eigenvalue weighted by molar-refractivity contribution is 8.09. The molecule has 2 N–H and O–H groups in total. The summed E-state index contributed by atoms with van der Waals surface area (Å²) in [6.45, 7) is 0.0472. The number of nitrogens with zero attached hydrogens (tertiary/aromatic N) is 2. The molecule has 0 spiro atoms. The van der Waals surface area contributed by atoms with Crippen LogP contribution in [0.3, 0.4) is 0 Å². The molecule has 0 aromatic carbocycles. The lowest BCUT2D eigenvalue weighted by atomic mass is 10.4. The number of rotatable bonds is 3. The van der Waals surface area contributed by atoms with Crippen LogP contribution in [-0.2, 0) is 9.84 Å². The van der Waals surface area contributed by atoms with Crippen molar-refractivity contribution in [2.75, 3.05) is 6.61 Å². The molecule has 1 aromatic heterocycles. The summed E-state index contributed by atoms with van der Waals surface area (Å²) >= 11 is 0. The van der Waals surface area contributed by atoms with Gasteiger partial charge in [-0.1, -0.05) is 0 Å². The lowest BCUT2D eigenvalue weighted by Crippen LogP contribution is -2.18. The van der Waals surface area contributed by atoms with E-state index in [1.54, 1.807) is 18.3 Å². The molecule has 0 aliphatic carbocycles. The van der Waals surface area contributed by atoms with E-state index in [0.717, 1.165) is 5.41 Å². The third-order valence-electron chi connectivity index (χ3n) is 1.86. The van der Waals surface area contributed by atoms with Crippen LogP contribution in [0.2, 0.25) is 0 Å². The molecule has 2 rings (SSSR count). The highest BCUT2D eigenvalue weighted by Crippen LogP contribution is 2.14. The molecule has 0 saturated heterocycles. The summed E-state index contributed by atoms with van der Waals surface area (Å²) in [7, 11) is -3.51. The van der Waals surface area contributed by atoms with Crippen LogP contribution in [-0.4, -0.2) is 25.2 Å². The molecule has 1 aliphatic rings. The van der Waals surface area contributed by atoms with E-state index >= 15 is 0 Å². The second-order valence-electron chi connectivity index (χ2n) is 3.08. The molecule has 0 bridgehead atoms. The van der Waals surface area contributed by atoms with Crippen LogP contribution in [0, 0.1) is 0 Å². The Balaban J connectivity index is 2.04. The molecular weight excluding hydrogens is 230 g/mol. The molecular formula is C9H9N3O3S. The summed E-state index contributed by atoms with van der Waals surface area (Å²) < 4.78 is 27.6. The largest absolute Gasteiger partial charge is 0.486 e. The molecule has 1 aliphatic heterocycles. The minimum Gasteiger partial charge on any atom is -0.486 e. The standard InChI is InChI=1S/C9H9N3O3S/c10-9-12-7(6-16(9,13)14)5-15-8-2-1-3-11-4-8/h1-4,6H,5H2,(H2,10,12). The Kier molecular flexibility index (Phi) is 2.61. The van der Waals surface area contributed by atoms with Gasteiger partial charge in [-0.2, -0.15) is 0 Å². The molecule has 0 saturated carbocycles. The molecule has 84 valence electrons. The van der Waals surface area contributed by atoms with Crippen LogP contribution in [0.5, 0.6) is 5.75 Å². The Morgan fingerprint density at radius 3 is 2.81 bits per heavy atom. The molecule has 0 unspecified atom stereocenters. The first-order valence-corrected chi connectivity index (χ1v) is 5.95. The zero-order valence-corrected chi connectivity index (χ0v) is 9.02. The van der Waals surface area contributed by atoms with Crippen LogP contribution in [0.25, 0.3) is 0 Å². The summed E-state index contributed by atoms with van der Waals surface area (Å²) in [6, 6.07) is 3.43. The van der Waals surface area contributed by atoms with Crippen LogP contribution >= 0.6 is 0 Å². The molecule has 0 amide bonds. The third-order valence-corrected chi connectivity index (χ3v) is 3.11. The average Bonchev–Trinajstić information content (AvgIpc) is 2.52. The Morgan fingerprint density at radius 1 is 1.44 bits per heavy atom. The number of ether oxygens (including phenoxy) is 1. The van der Waals surface area contributed by atoms with Crippen molar-refractivity contribution >= 4 is 15.0 Å². The lowest BCUT2D eigenvalue weighted by Gasteiger charge is -2.02. The number of nitrogens with two attached hydrogens (primary N) is 1. The van der Waals surface area contributed by atoms with Gasteiger partial charge in [-0.15, -0.1) is 0 Å². The fourth-order valence-electron chi connectivity index (χ4n) is 1.13. The van der Waals surface area contributed by atoms with E-state index in [2.05, 4.69) is 9.98 Å². The van der Waals surface area contributed by atoms with Gasteiger partial charge in [0.15, 0.2) is 0 Å². The maximum atomic E-state index is 11.2. The van der Waals surface area contributed by atoms with Crippen molar-refractivity contribution in [1.29, 1.82) is 0 Å². The monoisotopic (exact) mass is 239 g/mol. The zero-order chi connectivity index (χ0) is 11.6. The smallest absolute Gasteiger partial charge is 0.234 e. The number of sulfone groups is 1. The predicted molar refractivity (Wildman–Crippen MR) is 58.4 cm³/mol. The fourth-order valence-corrected chi connectivity index (χ4v) is 1.97. The Bertz CT molecular complexity index is 549. The van der Waals surface area contributed by atoms with Gasteiger partial charge < -0.3 is 10.5 Å². The number of pyridine rings is 1. The van der Waals surface area contributed by atoms with Gasteiger partial charge in [-0.25, -0.2) is 13.4 Å². The Hall–Kier alpha value is -1.89. The van der Waals surface area contributed by atoms with E-state index in [0.29, 0.717) is 5.75 Å². The molecule has 7 heteroatoms. The fraction of sp³-hybridized carbons (Fsp3) is 0.111. The third kappa shape index (κ3) is 2.19. The average molecular weight is 239 g/mol. The van der Waals surface area contributed by atoms with E-state index in [1.807, 2.05) is 0 Å². The lowest BCUT2D eigenvalue weighted by molar-refractivity contribution is 0.350. The summed E-state index contributed by atoms with van der Waals surface area (Å²) in [5, 5.41) is 0.607. The molecule has 0 radical (unpaired) electrons. The highest BCUT2D eigenvalue weighted by Gasteiger charge is 2.21. The highest BCUT2D eigenvalue weighted by atomic mass is 32.2. The van der Waals surface area contributed by atoms with Crippen molar-refractivity contribution in [3.05, 3.63) is 35.6 Å². The number of hydrogen-bond donors (Lipinski definition) is 1. The topological polar surface area (TPSA) is 94.6 Å². The van der Waals surface area contributed by atoms with E-state index in [-0.39, 0.29) is 12.3 Å². The first kappa shape index (κ1) is 10.6. The molecule has 0 fully saturated rings. The number of hydrogen-bond acceptors (Lipinski definition) is 6. The maximum absolute atomic E-state index is 11.2. The number of aliphatic imine (C=N–C) groups is 1. The van der Waals surface area contributed by atoms with Gasteiger partial charge in [0.1, 0.15) is 12.4 Å². The van der Waals surface area contributed by atoms with Gasteiger partial charge in [0.2, 0.25) is 15.0 Å². The first-order chi connectivity index (χ1) is 7.58. The number of aromatic nitrogens is 1. The SMILES string of the molecule is NC1=NC(COc2cccnc2)=CS1(=O)=O. The minimum atomic E-state index is -3.51. The van der Waals surface area contributed by atoms with Gasteiger partial charge in [0, 0.05) is 6.20 Å². The maximum Gasteiger partial charge on any atom is 0.234 e. The molecule has 1 aromatic rings. The second kappa shape index (κ2) is 3.93. The van der Waals surface area contributed by atoms with Crippen molar-refractivity contribution in [2.24, 2.45) is 10.7 Å². The molecule has 0 atom stereocenters. The van der Waals surface area contributed by atoms with Crippen molar-refractivity contribution in [1.82, 2.24) is 4.98 Å². The van der Waals surface area contributed by atoms with Gasteiger partial charge >= 0.3 is 0 Å². The van der Waals surface area contributed by atoms with Crippen LogP contribution in [0.15, 0.2) is 40.6 Å². The van der Waals surface area contributed by atoms with E-state index in [4.69, 9.17) is 10.5 Å². The van der Waals surface area contributed by atoms with E-state index in [9.17, 15) is 8.42 Å². The summed E-state index contributed by atoms with van der Waals surface area (Å²) in [5.41, 5.74) is 5.49. The summed E-state index contributed by atoms with van der Waals surface area (Å²) in [6.07, 6.45) is 3.14. The van der Waals surface area contributed by atoms with Crippen LogP contribution < -0.4 is 10.5 Å². The Labute approximate surface area is 92.4 Å². The van der Waals surface area contributed by atoms with Gasteiger partial charge in [0.25, 0.3) is 0 Å². The number of amidine groups is 1. The van der Waals surface area contributed by atoms with Crippen molar-refractivity contribution in [2.45, 2.75) is 0 Å². The summed E-state index contributed by atoms with van der Waals surface area (Å²) in [4.78, 5) is 7.53. The van der Waals surface area contributed by atoms with Gasteiger partial charge in [-0.05, 0) is 12.1 Å². The van der Waals surface area contributed by atoms with Crippen LogP contribution in [0.1, 0.15) is 0 Å². The van der Waals surface area contributed by atoms with E-state index < -0.39 is 15.0 Å². The minimum absolute atomic E-state index is 0.0472. The normalized spacial score (nSPS) is 17.8. The summed E-state index contributed by atoms with van der Waals surface area (Å²) in [5.74, 6) is 0.543. The second-order valence-corrected chi connectivity index (χ2v) is 4.83. The van der Waals surface area contributed by atoms with Crippen LogP contribution in [0.4, 0.5) is 0 Å². The van der Waals surface area contributed by atoms with Crippen molar-refractivity contribution in [3.63, 3.8) is 0 Å².